The van der Waals surface area contributed by atoms with E-state index in [-0.39, 0.29) is 52.9 Å². The molecule has 21 rings (SSSR count). The summed E-state index contributed by atoms with van der Waals surface area (Å²) in [5, 5.41) is 74.9. The highest BCUT2D eigenvalue weighted by molar-refractivity contribution is 5.03. The fraction of sp³-hybridized carbons (Fsp3) is 0.969. The highest BCUT2D eigenvalue weighted by atomic mass is 16.8. The summed E-state index contributed by atoms with van der Waals surface area (Å²) < 4.78 is 182. The summed E-state index contributed by atoms with van der Waals surface area (Å²) in [4.78, 5) is 0. The molecule has 35 nitrogen and oxygen atoms in total. The number of ether oxygens (including phenoxy) is 29. The van der Waals surface area contributed by atoms with Gasteiger partial charge in [0.15, 0.2) is 44.0 Å². The van der Waals surface area contributed by atoms with E-state index in [0.29, 0.717) is 6.42 Å². The van der Waals surface area contributed by atoms with Gasteiger partial charge in [0, 0.05) is 106 Å². The zero-order valence-electron chi connectivity index (χ0n) is 59.2. The van der Waals surface area contributed by atoms with E-state index in [1.807, 2.05) is 6.08 Å². The van der Waals surface area contributed by atoms with E-state index in [0.717, 1.165) is 25.7 Å². The van der Waals surface area contributed by atoms with Gasteiger partial charge in [0.25, 0.3) is 0 Å². The fourth-order valence-corrected chi connectivity index (χ4v) is 14.3. The Hall–Kier alpha value is -1.66. The Labute approximate surface area is 578 Å². The Morgan fingerprint density at radius 2 is 0.455 bits per heavy atom. The molecule has 21 fully saturated rings. The van der Waals surface area contributed by atoms with E-state index in [1.165, 1.54) is 99.5 Å². The second kappa shape index (κ2) is 40.9. The molecule has 0 saturated carbocycles. The molecule has 14 bridgehead atoms. The predicted octanol–water partition coefficient (Wildman–Crippen LogP) is -2.91. The average molecular weight is 1440 g/mol. The summed E-state index contributed by atoms with van der Waals surface area (Å²) in [5.41, 5.74) is 0. The average Bonchev–Trinajstić information content (AvgIpc) is 0.783. The lowest BCUT2D eigenvalue weighted by Gasteiger charge is -2.52. The first kappa shape index (κ1) is 83.0. The summed E-state index contributed by atoms with van der Waals surface area (Å²) in [6.07, 6.45) is -41.7. The zero-order valence-corrected chi connectivity index (χ0v) is 59.2. The topological polar surface area (TPSA) is 389 Å². The first-order chi connectivity index (χ1) is 48.0. The third-order valence-corrected chi connectivity index (χ3v) is 19.2. The molecule has 0 radical (unpaired) electrons. The predicted molar refractivity (Wildman–Crippen MR) is 333 cm³/mol. The number of unbranched alkanes of at least 4 members (excludes halogenated alkanes) is 4. The lowest BCUT2D eigenvalue weighted by atomic mass is 9.94. The number of rotatable bonds is 29. The second-order valence-electron chi connectivity index (χ2n) is 25.4. The zero-order chi connectivity index (χ0) is 71.6. The smallest absolute Gasteiger partial charge is 0.187 e. The van der Waals surface area contributed by atoms with Gasteiger partial charge in [0.2, 0.25) is 0 Å². The van der Waals surface area contributed by atoms with Crippen LogP contribution in [0.2, 0.25) is 0 Å². The van der Waals surface area contributed by atoms with Crippen LogP contribution in [0.25, 0.3) is 0 Å². The van der Waals surface area contributed by atoms with Gasteiger partial charge in [-0.15, -0.1) is 6.58 Å². The van der Waals surface area contributed by atoms with Crippen LogP contribution in [0.3, 0.4) is 0 Å². The van der Waals surface area contributed by atoms with Gasteiger partial charge in [-0.25, -0.2) is 0 Å². The standard InChI is InChI=1S/C64H112O35/c1-16-17-18-19-20-21-22-85-56-49-36(29-77-8)92-64(57(56)84-15)98-48-35(28-76-7)90-62(54(82-13)42(48)70)96-46-33(26-74-5)88-60(52(80-11)40(46)68)94-44-31(24-72-3)86-58(50(78-9)38(44)66)93-43-30(23-71-2)87-59(51(79-10)37(43)65)95-45-32(25-73-4)89-61(53(81-12)39(45)67)97-47-34(27-75-6)91-63(99-49)55(83-14)41(47)69/h16,30-70H,1,17-29H2,2-15H3/t30-,31+,32-,33+,34-,35+,36-,37-,38-,39-,40+,41-,42+,43+,44+,45+,46+,47+,48+,49+,50+,51+,52-,53+,54+,55+,56-,57+,58+,59+,60+,61+,62+,63+,64+/m0/s1. The van der Waals surface area contributed by atoms with Crippen LogP contribution in [0, 0.1) is 0 Å². The Bertz CT molecular complexity index is 2240. The van der Waals surface area contributed by atoms with Crippen LogP contribution in [0.4, 0.5) is 0 Å². The third-order valence-electron chi connectivity index (χ3n) is 19.2. The molecule has 6 N–H and O–H groups in total. The van der Waals surface area contributed by atoms with Crippen molar-refractivity contribution in [1.29, 1.82) is 0 Å². The molecule has 0 spiro atoms. The number of hydrogen-bond donors (Lipinski definition) is 6. The maximum Gasteiger partial charge on any atom is 0.187 e. The quantitative estimate of drug-likeness (QED) is 0.0323. The second-order valence-corrected chi connectivity index (χ2v) is 25.4. The Morgan fingerprint density at radius 3 is 0.667 bits per heavy atom. The van der Waals surface area contributed by atoms with E-state index in [4.69, 9.17) is 137 Å². The molecule has 35 atom stereocenters. The molecule has 35 heteroatoms. The summed E-state index contributed by atoms with van der Waals surface area (Å²) in [5.74, 6) is 0. The van der Waals surface area contributed by atoms with Crippen LogP contribution in [-0.4, -0.2) is 398 Å². The van der Waals surface area contributed by atoms with E-state index in [1.54, 1.807) is 0 Å². The molecule has 21 aliphatic rings. The molecule has 578 valence electrons. The Morgan fingerprint density at radius 1 is 0.253 bits per heavy atom. The van der Waals surface area contributed by atoms with E-state index in [2.05, 4.69) is 6.58 Å². The molecular weight excluding hydrogens is 1330 g/mol. The van der Waals surface area contributed by atoms with Gasteiger partial charge in [-0.3, -0.25) is 0 Å². The lowest BCUT2D eigenvalue weighted by molar-refractivity contribution is -0.401. The summed E-state index contributed by atoms with van der Waals surface area (Å²) in [6, 6.07) is 0. The molecule has 0 aliphatic carbocycles. The van der Waals surface area contributed by atoms with Gasteiger partial charge in [-0.1, -0.05) is 18.9 Å². The number of allylic oxidation sites excluding steroid dienone is 1. The third kappa shape index (κ3) is 19.4. The molecule has 99 heavy (non-hydrogen) atoms. The van der Waals surface area contributed by atoms with Crippen LogP contribution in [-0.2, 0) is 137 Å². The van der Waals surface area contributed by atoms with Crippen molar-refractivity contribution in [2.24, 2.45) is 0 Å². The molecule has 21 saturated heterocycles. The van der Waals surface area contributed by atoms with Crippen molar-refractivity contribution in [1.82, 2.24) is 0 Å². The van der Waals surface area contributed by atoms with Crippen molar-refractivity contribution in [3.63, 3.8) is 0 Å². The molecule has 21 aliphatic heterocycles. The normalized spacial score (nSPS) is 45.7. The van der Waals surface area contributed by atoms with Crippen molar-refractivity contribution < 1.29 is 168 Å². The molecule has 0 aromatic carbocycles. The van der Waals surface area contributed by atoms with Gasteiger partial charge >= 0.3 is 0 Å². The first-order valence-electron chi connectivity index (χ1n) is 33.6. The summed E-state index contributed by atoms with van der Waals surface area (Å²) >= 11 is 0. The van der Waals surface area contributed by atoms with Crippen LogP contribution in [0.1, 0.15) is 32.1 Å². The molecular formula is C64H112O35. The molecule has 0 aromatic rings. The number of hydrogen-bond acceptors (Lipinski definition) is 35. The van der Waals surface area contributed by atoms with Crippen LogP contribution in [0.15, 0.2) is 12.7 Å². The minimum atomic E-state index is -1.62. The minimum absolute atomic E-state index is 0.139. The lowest BCUT2D eigenvalue weighted by Crippen LogP contribution is -2.69. The van der Waals surface area contributed by atoms with Gasteiger partial charge in [0.1, 0.15) is 171 Å². The van der Waals surface area contributed by atoms with Crippen molar-refractivity contribution in [2.75, 3.05) is 152 Å². The summed E-state index contributed by atoms with van der Waals surface area (Å²) in [6.45, 7) is 2.64. The maximum atomic E-state index is 12.6. The van der Waals surface area contributed by atoms with E-state index < -0.39 is 215 Å². The highest BCUT2D eigenvalue weighted by Gasteiger charge is 2.61. The molecule has 0 unspecified atom stereocenters. The monoisotopic (exact) mass is 1440 g/mol. The molecule has 21 heterocycles. The van der Waals surface area contributed by atoms with Crippen molar-refractivity contribution >= 4 is 0 Å². The largest absolute Gasteiger partial charge is 0.387 e. The van der Waals surface area contributed by atoms with Crippen LogP contribution < -0.4 is 0 Å². The van der Waals surface area contributed by atoms with Crippen molar-refractivity contribution in [2.45, 2.75) is 247 Å². The van der Waals surface area contributed by atoms with Gasteiger partial charge in [0.05, 0.1) is 46.2 Å². The highest BCUT2D eigenvalue weighted by Crippen LogP contribution is 2.42. The number of aliphatic hydroxyl groups is 6. The molecule has 0 amide bonds. The van der Waals surface area contributed by atoms with Crippen LogP contribution in [0.5, 0.6) is 0 Å². The van der Waals surface area contributed by atoms with Gasteiger partial charge in [-0.05, 0) is 19.3 Å². The SMILES string of the molecule is C=CCCCCCCO[C@@H]1[C@@H](OC)[C@H]2O[C@H]3[C@@H](O)[C@@H](OC)[C@@H](O[C@H]4[C@@H](O)[C@H](OC)[C@@H](O[C@H]5[C@H](O)[C@@H](OC)[C@@H](O[C@H]6[C@H](O)[C@@H](OC)[C@@H](O[C@H]7[C@H](O)[C@@H](OC)[C@@H](O[C@H]8[C@H](O)[C@@H](OC)[C@@H](O[C@@H]1[C@H](COC)O2)O[C@H]8COC)O[C@H]7COC)O[C@H]6COC)O[C@@H]5COC)O[C@@H]4COC)O[C@@H]3COC. The summed E-state index contributed by atoms with van der Waals surface area (Å²) in [7, 11) is 19.3. The first-order valence-corrected chi connectivity index (χ1v) is 33.6. The van der Waals surface area contributed by atoms with Gasteiger partial charge < -0.3 is 168 Å². The number of methoxy groups -OCH3 is 14. The maximum absolute atomic E-state index is 12.6. The van der Waals surface area contributed by atoms with E-state index >= 15 is 0 Å². The van der Waals surface area contributed by atoms with Crippen molar-refractivity contribution in [3.05, 3.63) is 12.7 Å². The fourth-order valence-electron chi connectivity index (χ4n) is 14.3. The van der Waals surface area contributed by atoms with Gasteiger partial charge in [-0.2, -0.15) is 0 Å². The Kier molecular flexibility index (Phi) is 34.3. The van der Waals surface area contributed by atoms with Crippen molar-refractivity contribution in [3.8, 4) is 0 Å². The Balaban J connectivity index is 1.20. The minimum Gasteiger partial charge on any atom is -0.387 e. The van der Waals surface area contributed by atoms with E-state index in [9.17, 15) is 30.6 Å². The molecule has 0 aromatic heterocycles. The number of aliphatic hydroxyl groups excluding tert-OH is 6. The van der Waals surface area contributed by atoms with Crippen LogP contribution >= 0.6 is 0 Å².